The second-order valence-corrected chi connectivity index (χ2v) is 6.19. The van der Waals surface area contributed by atoms with Gasteiger partial charge in [0, 0.05) is 42.3 Å². The first-order valence-electron chi connectivity index (χ1n) is 5.62. The molecule has 0 radical (unpaired) electrons. The fourth-order valence-electron chi connectivity index (χ4n) is 1.21. The van der Waals surface area contributed by atoms with E-state index < -0.39 is 4.92 Å². The lowest BCUT2D eigenvalue weighted by atomic mass is 10.2. The molecule has 0 unspecified atom stereocenters. The highest BCUT2D eigenvalue weighted by Gasteiger charge is 2.08. The van der Waals surface area contributed by atoms with Crippen LogP contribution in [0.1, 0.15) is 10.4 Å². The maximum atomic E-state index is 11.7. The number of nitrogens with one attached hydrogen (secondary N) is 1. The van der Waals surface area contributed by atoms with Crippen molar-refractivity contribution in [2.45, 2.75) is 0 Å². The van der Waals surface area contributed by atoms with E-state index in [2.05, 4.69) is 5.32 Å². The largest absolute Gasteiger partial charge is 0.351 e. The summed E-state index contributed by atoms with van der Waals surface area (Å²) < 4.78 is 0. The van der Waals surface area contributed by atoms with E-state index in [-0.39, 0.29) is 11.6 Å². The number of nitro groups is 1. The van der Waals surface area contributed by atoms with Gasteiger partial charge in [-0.15, -0.1) is 0 Å². The number of non-ortho nitro benzene ring substituents is 1. The van der Waals surface area contributed by atoms with E-state index in [4.69, 9.17) is 5.73 Å². The predicted octanol–water partition coefficient (Wildman–Crippen LogP) is 1.66. The van der Waals surface area contributed by atoms with E-state index in [1.165, 1.54) is 24.3 Å². The molecule has 1 aromatic rings. The van der Waals surface area contributed by atoms with Crippen molar-refractivity contribution in [2.75, 3.05) is 24.6 Å². The summed E-state index contributed by atoms with van der Waals surface area (Å²) in [7, 11) is 3.33. The van der Waals surface area contributed by atoms with Crippen molar-refractivity contribution in [3.8, 4) is 0 Å². The molecule has 1 amide bonds. The molecule has 0 fully saturated rings. The number of benzene rings is 1. The van der Waals surface area contributed by atoms with Gasteiger partial charge in [-0.05, 0) is 12.1 Å². The molecular weight excluding hydrogens is 286 g/mol. The summed E-state index contributed by atoms with van der Waals surface area (Å²) in [6.07, 6.45) is 0. The van der Waals surface area contributed by atoms with Crippen LogP contribution in [0.2, 0.25) is 0 Å². The molecule has 0 saturated carbocycles. The summed E-state index contributed by atoms with van der Waals surface area (Å²) in [5.74, 6) is 1.46. The summed E-state index contributed by atoms with van der Waals surface area (Å²) in [6.45, 7) is 1.20. The highest BCUT2D eigenvalue weighted by Crippen LogP contribution is 2.19. The second kappa shape index (κ2) is 8.78. The number of nitrogens with zero attached hydrogens (tertiary/aromatic N) is 1. The Labute approximate surface area is 119 Å². The van der Waals surface area contributed by atoms with Gasteiger partial charge >= 0.3 is 0 Å². The Balaban J connectivity index is 2.31. The summed E-state index contributed by atoms with van der Waals surface area (Å²) >= 11 is 0. The molecule has 0 aliphatic rings. The number of nitro benzene ring substituents is 1. The molecule has 0 heterocycles. The first-order chi connectivity index (χ1) is 9.15. The summed E-state index contributed by atoms with van der Waals surface area (Å²) in [5.41, 5.74) is 5.75. The topological polar surface area (TPSA) is 98.3 Å². The van der Waals surface area contributed by atoms with E-state index >= 15 is 0 Å². The molecule has 0 aliphatic heterocycles. The van der Waals surface area contributed by atoms with E-state index in [0.717, 1.165) is 11.5 Å². The molecule has 19 heavy (non-hydrogen) atoms. The summed E-state index contributed by atoms with van der Waals surface area (Å²) in [6, 6.07) is 5.54. The minimum absolute atomic E-state index is 0.0229. The van der Waals surface area contributed by atoms with Crippen LogP contribution in [0.4, 0.5) is 5.69 Å². The molecule has 0 spiro atoms. The molecule has 6 nitrogen and oxygen atoms in total. The van der Waals surface area contributed by atoms with Gasteiger partial charge in [0.05, 0.1) is 4.92 Å². The maximum Gasteiger partial charge on any atom is 0.269 e. The summed E-state index contributed by atoms with van der Waals surface area (Å²) in [4.78, 5) is 21.7. The third kappa shape index (κ3) is 5.95. The van der Waals surface area contributed by atoms with Crippen molar-refractivity contribution in [1.82, 2.24) is 5.32 Å². The van der Waals surface area contributed by atoms with Crippen molar-refractivity contribution < 1.29 is 9.72 Å². The first-order valence-corrected chi connectivity index (χ1v) is 8.11. The van der Waals surface area contributed by atoms with Gasteiger partial charge in [-0.2, -0.15) is 0 Å². The quantitative estimate of drug-likeness (QED) is 0.328. The standard InChI is InChI=1S/C11H15N3O3S2/c12-5-7-18-19-8-6-13-11(15)9-1-3-10(4-2-9)14(16)17/h1-4H,5-8,12H2,(H,13,15). The maximum absolute atomic E-state index is 11.7. The van der Waals surface area contributed by atoms with Crippen molar-refractivity contribution in [2.24, 2.45) is 5.73 Å². The highest BCUT2D eigenvalue weighted by molar-refractivity contribution is 8.76. The molecular formula is C11H15N3O3S2. The molecule has 0 saturated heterocycles. The Morgan fingerprint density at radius 1 is 1.26 bits per heavy atom. The van der Waals surface area contributed by atoms with Crippen molar-refractivity contribution in [3.05, 3.63) is 39.9 Å². The Morgan fingerprint density at radius 2 is 1.89 bits per heavy atom. The molecule has 0 aromatic heterocycles. The number of amides is 1. The van der Waals surface area contributed by atoms with Gasteiger partial charge in [-0.3, -0.25) is 14.9 Å². The Bertz CT molecular complexity index is 426. The van der Waals surface area contributed by atoms with Crippen molar-refractivity contribution in [1.29, 1.82) is 0 Å². The van der Waals surface area contributed by atoms with E-state index in [1.54, 1.807) is 21.6 Å². The third-order valence-corrected chi connectivity index (χ3v) is 4.54. The summed E-state index contributed by atoms with van der Waals surface area (Å²) in [5, 5.41) is 13.2. The normalized spacial score (nSPS) is 10.2. The SMILES string of the molecule is NCCSSCCNC(=O)c1ccc([N+](=O)[O-])cc1. The number of carbonyl (C=O) groups excluding carboxylic acids is 1. The van der Waals surface area contributed by atoms with Gasteiger partial charge in [0.1, 0.15) is 0 Å². The van der Waals surface area contributed by atoms with Gasteiger partial charge < -0.3 is 11.1 Å². The van der Waals surface area contributed by atoms with Crippen molar-refractivity contribution >= 4 is 33.2 Å². The van der Waals surface area contributed by atoms with Crippen LogP contribution in [0.3, 0.4) is 0 Å². The Hall–Kier alpha value is -1.25. The van der Waals surface area contributed by atoms with Crippen LogP contribution in [-0.4, -0.2) is 35.4 Å². The van der Waals surface area contributed by atoms with Gasteiger partial charge in [0.25, 0.3) is 11.6 Å². The zero-order chi connectivity index (χ0) is 14.1. The average molecular weight is 301 g/mol. The number of hydrogen-bond donors (Lipinski definition) is 2. The zero-order valence-electron chi connectivity index (χ0n) is 10.2. The van der Waals surface area contributed by atoms with Gasteiger partial charge in [-0.1, -0.05) is 21.6 Å². The number of rotatable bonds is 8. The van der Waals surface area contributed by atoms with Crippen LogP contribution in [0, 0.1) is 10.1 Å². The minimum Gasteiger partial charge on any atom is -0.351 e. The molecule has 1 rings (SSSR count). The number of hydrogen-bond acceptors (Lipinski definition) is 6. The third-order valence-electron chi connectivity index (χ3n) is 2.10. The van der Waals surface area contributed by atoms with Crippen LogP contribution >= 0.6 is 21.6 Å². The number of carbonyl (C=O) groups is 1. The smallest absolute Gasteiger partial charge is 0.269 e. The fraction of sp³-hybridized carbons (Fsp3) is 0.364. The van der Waals surface area contributed by atoms with Crippen LogP contribution in [0.5, 0.6) is 0 Å². The van der Waals surface area contributed by atoms with E-state index in [9.17, 15) is 14.9 Å². The van der Waals surface area contributed by atoms with Gasteiger partial charge in [0.15, 0.2) is 0 Å². The lowest BCUT2D eigenvalue weighted by Gasteiger charge is -2.04. The van der Waals surface area contributed by atoms with Crippen LogP contribution in [0.25, 0.3) is 0 Å². The lowest BCUT2D eigenvalue weighted by Crippen LogP contribution is -2.25. The molecule has 0 atom stereocenters. The van der Waals surface area contributed by atoms with Crippen LogP contribution in [0.15, 0.2) is 24.3 Å². The molecule has 3 N–H and O–H groups in total. The molecule has 8 heteroatoms. The zero-order valence-corrected chi connectivity index (χ0v) is 11.8. The molecule has 1 aromatic carbocycles. The molecule has 104 valence electrons. The van der Waals surface area contributed by atoms with E-state index in [0.29, 0.717) is 18.7 Å². The van der Waals surface area contributed by atoms with Crippen LogP contribution in [-0.2, 0) is 0 Å². The lowest BCUT2D eigenvalue weighted by molar-refractivity contribution is -0.384. The van der Waals surface area contributed by atoms with Crippen LogP contribution < -0.4 is 11.1 Å². The Morgan fingerprint density at radius 3 is 2.47 bits per heavy atom. The van der Waals surface area contributed by atoms with E-state index in [1.807, 2.05) is 0 Å². The monoisotopic (exact) mass is 301 g/mol. The second-order valence-electron chi connectivity index (χ2n) is 3.49. The van der Waals surface area contributed by atoms with Gasteiger partial charge in [0.2, 0.25) is 0 Å². The fourth-order valence-corrected chi connectivity index (χ4v) is 2.97. The number of nitrogens with two attached hydrogens (primary N) is 1. The Kier molecular flexibility index (Phi) is 7.31. The van der Waals surface area contributed by atoms with Crippen molar-refractivity contribution in [3.63, 3.8) is 0 Å². The predicted molar refractivity (Wildman–Crippen MR) is 79.4 cm³/mol. The van der Waals surface area contributed by atoms with Gasteiger partial charge in [-0.25, -0.2) is 0 Å². The average Bonchev–Trinajstić information content (AvgIpc) is 2.42. The first kappa shape index (κ1) is 15.8. The highest BCUT2D eigenvalue weighted by atomic mass is 33.1. The molecule has 0 aliphatic carbocycles. The molecule has 0 bridgehead atoms. The minimum atomic E-state index is -0.493.